The fraction of sp³-hybridized carbons (Fsp3) is 0.579. The standard InChI is InChI=1S/C19H26N2O4/c22-16-5-7-19(8-6-16)9-11-21(12-10-19)18(25)20-13-14-1-3-15(4-2-14)17(23)24/h1-4,16,22H,5-13H2,(H,20,25)(H,23,24). The topological polar surface area (TPSA) is 89.9 Å². The normalized spacial score (nSPS) is 20.4. The minimum Gasteiger partial charge on any atom is -0.478 e. The minimum atomic E-state index is -0.951. The predicted octanol–water partition coefficient (Wildman–Crippen LogP) is 2.61. The molecule has 2 fully saturated rings. The van der Waals surface area contributed by atoms with E-state index in [1.807, 2.05) is 4.90 Å². The first-order valence-corrected chi connectivity index (χ1v) is 9.01. The molecule has 6 nitrogen and oxygen atoms in total. The Bertz CT molecular complexity index is 611. The molecule has 3 N–H and O–H groups in total. The predicted molar refractivity (Wildman–Crippen MR) is 93.4 cm³/mol. The van der Waals surface area contributed by atoms with Crippen molar-refractivity contribution in [1.29, 1.82) is 0 Å². The summed E-state index contributed by atoms with van der Waals surface area (Å²) in [6, 6.07) is 6.48. The van der Waals surface area contributed by atoms with Crippen LogP contribution in [0.5, 0.6) is 0 Å². The van der Waals surface area contributed by atoms with E-state index in [-0.39, 0.29) is 17.7 Å². The number of nitrogens with zero attached hydrogens (tertiary/aromatic N) is 1. The van der Waals surface area contributed by atoms with Crippen LogP contribution in [0.3, 0.4) is 0 Å². The number of carboxylic acid groups (broad SMARTS) is 1. The van der Waals surface area contributed by atoms with E-state index in [9.17, 15) is 14.7 Å². The number of benzene rings is 1. The Hall–Kier alpha value is -2.08. The molecule has 1 saturated carbocycles. The molecule has 1 aromatic rings. The zero-order valence-corrected chi connectivity index (χ0v) is 14.4. The zero-order chi connectivity index (χ0) is 17.9. The van der Waals surface area contributed by atoms with E-state index in [2.05, 4.69) is 5.32 Å². The van der Waals surface area contributed by atoms with Crippen molar-refractivity contribution in [2.24, 2.45) is 5.41 Å². The number of carbonyl (C=O) groups is 2. The quantitative estimate of drug-likeness (QED) is 0.785. The van der Waals surface area contributed by atoms with E-state index in [4.69, 9.17) is 5.11 Å². The number of amides is 2. The Morgan fingerprint density at radius 1 is 1.08 bits per heavy atom. The molecule has 1 spiro atoms. The molecule has 1 heterocycles. The Balaban J connectivity index is 1.46. The maximum absolute atomic E-state index is 12.4. The second-order valence-electron chi connectivity index (χ2n) is 7.38. The summed E-state index contributed by atoms with van der Waals surface area (Å²) in [5, 5.41) is 21.5. The molecule has 136 valence electrons. The average Bonchev–Trinajstić information content (AvgIpc) is 2.63. The van der Waals surface area contributed by atoms with Gasteiger partial charge in [-0.1, -0.05) is 12.1 Å². The summed E-state index contributed by atoms with van der Waals surface area (Å²) in [5.41, 5.74) is 1.45. The molecule has 2 amide bonds. The van der Waals surface area contributed by atoms with Gasteiger partial charge in [-0.15, -0.1) is 0 Å². The number of piperidine rings is 1. The molecule has 0 aromatic heterocycles. The van der Waals surface area contributed by atoms with E-state index >= 15 is 0 Å². The SMILES string of the molecule is O=C(O)c1ccc(CNC(=O)N2CCC3(CCC(O)CC3)CC2)cc1. The number of hydrogen-bond donors (Lipinski definition) is 3. The number of aromatic carboxylic acids is 1. The molecular formula is C19H26N2O4. The third kappa shape index (κ3) is 4.31. The lowest BCUT2D eigenvalue weighted by Gasteiger charge is -2.45. The van der Waals surface area contributed by atoms with Gasteiger partial charge in [0.2, 0.25) is 0 Å². The second-order valence-corrected chi connectivity index (χ2v) is 7.38. The van der Waals surface area contributed by atoms with E-state index in [1.54, 1.807) is 24.3 Å². The number of carboxylic acids is 1. The van der Waals surface area contributed by atoms with E-state index in [0.717, 1.165) is 57.2 Å². The summed E-state index contributed by atoms with van der Waals surface area (Å²) < 4.78 is 0. The van der Waals surface area contributed by atoms with Crippen molar-refractivity contribution in [2.45, 2.75) is 51.2 Å². The van der Waals surface area contributed by atoms with Crippen molar-refractivity contribution in [1.82, 2.24) is 10.2 Å². The second kappa shape index (κ2) is 7.44. The average molecular weight is 346 g/mol. The van der Waals surface area contributed by atoms with Gasteiger partial charge in [-0.05, 0) is 61.6 Å². The van der Waals surface area contributed by atoms with Gasteiger partial charge >= 0.3 is 12.0 Å². The van der Waals surface area contributed by atoms with Gasteiger partial charge in [0.15, 0.2) is 0 Å². The monoisotopic (exact) mass is 346 g/mol. The van der Waals surface area contributed by atoms with E-state index in [1.165, 1.54) is 0 Å². The number of hydrogen-bond acceptors (Lipinski definition) is 3. The summed E-state index contributed by atoms with van der Waals surface area (Å²) in [6.07, 6.45) is 5.80. The lowest BCUT2D eigenvalue weighted by molar-refractivity contribution is 0.0250. The molecule has 0 bridgehead atoms. The van der Waals surface area contributed by atoms with Gasteiger partial charge < -0.3 is 20.4 Å². The van der Waals surface area contributed by atoms with Crippen LogP contribution in [0.25, 0.3) is 0 Å². The van der Waals surface area contributed by atoms with Crippen molar-refractivity contribution in [3.63, 3.8) is 0 Å². The number of aliphatic hydroxyl groups excluding tert-OH is 1. The van der Waals surface area contributed by atoms with Crippen LogP contribution < -0.4 is 5.32 Å². The number of likely N-dealkylation sites (tertiary alicyclic amines) is 1. The smallest absolute Gasteiger partial charge is 0.335 e. The maximum atomic E-state index is 12.4. The van der Waals surface area contributed by atoms with Gasteiger partial charge in [0.25, 0.3) is 0 Å². The number of urea groups is 1. The van der Waals surface area contributed by atoms with Gasteiger partial charge in [-0.25, -0.2) is 9.59 Å². The number of nitrogens with one attached hydrogen (secondary N) is 1. The molecular weight excluding hydrogens is 320 g/mol. The maximum Gasteiger partial charge on any atom is 0.335 e. The lowest BCUT2D eigenvalue weighted by Crippen LogP contribution is -2.48. The molecule has 1 aliphatic carbocycles. The Morgan fingerprint density at radius 2 is 1.68 bits per heavy atom. The van der Waals surface area contributed by atoms with Gasteiger partial charge in [0.05, 0.1) is 11.7 Å². The van der Waals surface area contributed by atoms with Crippen LogP contribution in [0.1, 0.15) is 54.4 Å². The van der Waals surface area contributed by atoms with Crippen LogP contribution in [0.2, 0.25) is 0 Å². The minimum absolute atomic E-state index is 0.0620. The van der Waals surface area contributed by atoms with Crippen LogP contribution in [0.4, 0.5) is 4.79 Å². The Kier molecular flexibility index (Phi) is 5.27. The fourth-order valence-electron chi connectivity index (χ4n) is 3.95. The van der Waals surface area contributed by atoms with Crippen molar-refractivity contribution in [2.75, 3.05) is 13.1 Å². The largest absolute Gasteiger partial charge is 0.478 e. The van der Waals surface area contributed by atoms with Crippen LogP contribution in [0, 0.1) is 5.41 Å². The molecule has 1 saturated heterocycles. The number of rotatable bonds is 3. The fourth-order valence-corrected chi connectivity index (χ4v) is 3.95. The summed E-state index contributed by atoms with van der Waals surface area (Å²) >= 11 is 0. The molecule has 3 rings (SSSR count). The summed E-state index contributed by atoms with van der Waals surface area (Å²) in [5.74, 6) is -0.951. The van der Waals surface area contributed by atoms with Crippen molar-refractivity contribution in [3.8, 4) is 0 Å². The van der Waals surface area contributed by atoms with E-state index < -0.39 is 5.97 Å². The van der Waals surface area contributed by atoms with Gasteiger partial charge in [-0.3, -0.25) is 0 Å². The van der Waals surface area contributed by atoms with Crippen molar-refractivity contribution < 1.29 is 19.8 Å². The van der Waals surface area contributed by atoms with Crippen molar-refractivity contribution in [3.05, 3.63) is 35.4 Å². The van der Waals surface area contributed by atoms with E-state index in [0.29, 0.717) is 12.0 Å². The van der Waals surface area contributed by atoms with Crippen molar-refractivity contribution >= 4 is 12.0 Å². The summed E-state index contributed by atoms with van der Waals surface area (Å²) in [4.78, 5) is 25.1. The highest BCUT2D eigenvalue weighted by atomic mass is 16.4. The summed E-state index contributed by atoms with van der Waals surface area (Å²) in [7, 11) is 0. The molecule has 0 unspecified atom stereocenters. The molecule has 0 atom stereocenters. The number of carbonyl (C=O) groups excluding carboxylic acids is 1. The van der Waals surface area contributed by atoms with Crippen LogP contribution in [0.15, 0.2) is 24.3 Å². The zero-order valence-electron chi connectivity index (χ0n) is 14.4. The van der Waals surface area contributed by atoms with Gasteiger partial charge in [0, 0.05) is 19.6 Å². The van der Waals surface area contributed by atoms with Crippen LogP contribution >= 0.6 is 0 Å². The Morgan fingerprint density at radius 3 is 2.24 bits per heavy atom. The highest BCUT2D eigenvalue weighted by Crippen LogP contribution is 2.44. The first-order chi connectivity index (χ1) is 12.0. The first-order valence-electron chi connectivity index (χ1n) is 9.01. The summed E-state index contributed by atoms with van der Waals surface area (Å²) in [6.45, 7) is 1.92. The Labute approximate surface area is 147 Å². The molecule has 6 heteroatoms. The first kappa shape index (κ1) is 17.7. The molecule has 0 radical (unpaired) electrons. The number of aliphatic hydroxyl groups is 1. The lowest BCUT2D eigenvalue weighted by atomic mass is 9.67. The van der Waals surface area contributed by atoms with Crippen LogP contribution in [-0.2, 0) is 6.54 Å². The highest BCUT2D eigenvalue weighted by molar-refractivity contribution is 5.87. The third-order valence-electron chi connectivity index (χ3n) is 5.77. The van der Waals surface area contributed by atoms with Crippen LogP contribution in [-0.4, -0.2) is 46.3 Å². The third-order valence-corrected chi connectivity index (χ3v) is 5.77. The molecule has 1 aliphatic heterocycles. The molecule has 1 aromatic carbocycles. The van der Waals surface area contributed by atoms with Gasteiger partial charge in [-0.2, -0.15) is 0 Å². The van der Waals surface area contributed by atoms with Gasteiger partial charge in [0.1, 0.15) is 0 Å². The molecule has 25 heavy (non-hydrogen) atoms. The molecule has 2 aliphatic rings. The highest BCUT2D eigenvalue weighted by Gasteiger charge is 2.38.